The van der Waals surface area contributed by atoms with Crippen LogP contribution in [0.3, 0.4) is 0 Å². The van der Waals surface area contributed by atoms with Crippen LogP contribution in [0.15, 0.2) is 24.3 Å². The Hall–Kier alpha value is -2.08. The van der Waals surface area contributed by atoms with Gasteiger partial charge >= 0.3 is 0 Å². The van der Waals surface area contributed by atoms with E-state index in [0.29, 0.717) is 6.54 Å². The second kappa shape index (κ2) is 8.15. The number of phenolic OH excluding ortho intramolecular Hbond substituents is 1. The fourth-order valence-electron chi connectivity index (χ4n) is 2.99. The van der Waals surface area contributed by atoms with Crippen molar-refractivity contribution in [3.63, 3.8) is 0 Å². The van der Waals surface area contributed by atoms with Crippen LogP contribution in [-0.4, -0.2) is 60.5 Å². The van der Waals surface area contributed by atoms with Gasteiger partial charge in [0.25, 0.3) is 0 Å². The van der Waals surface area contributed by atoms with Crippen molar-refractivity contribution >= 4 is 17.4 Å². The highest BCUT2D eigenvalue weighted by Gasteiger charge is 2.23. The Balaban J connectivity index is 1.81. The number of carbonyl (C=O) groups excluding carboxylic acids is 2. The molecule has 0 bridgehead atoms. The van der Waals surface area contributed by atoms with Gasteiger partial charge in [-0.05, 0) is 37.1 Å². The van der Waals surface area contributed by atoms with E-state index in [0.717, 1.165) is 31.9 Å². The van der Waals surface area contributed by atoms with Crippen LogP contribution in [0, 0.1) is 5.92 Å². The number of hydrogen-bond donors (Lipinski definition) is 2. The minimum absolute atomic E-state index is 0.00417. The second-order valence-corrected chi connectivity index (χ2v) is 6.68. The van der Waals surface area contributed by atoms with Crippen LogP contribution in [0.1, 0.15) is 20.8 Å². The molecule has 2 rings (SSSR count). The molecule has 0 radical (unpaired) electrons. The van der Waals surface area contributed by atoms with Crippen LogP contribution in [0.2, 0.25) is 0 Å². The maximum absolute atomic E-state index is 12.2. The van der Waals surface area contributed by atoms with Crippen LogP contribution < -0.4 is 10.2 Å². The molecule has 24 heavy (non-hydrogen) atoms. The van der Waals surface area contributed by atoms with Crippen molar-refractivity contribution in [3.05, 3.63) is 24.3 Å². The fourth-order valence-corrected chi connectivity index (χ4v) is 2.99. The lowest BCUT2D eigenvalue weighted by Gasteiger charge is -2.36. The summed E-state index contributed by atoms with van der Waals surface area (Å²) in [5.74, 6) is 0.259. The third kappa shape index (κ3) is 4.96. The summed E-state index contributed by atoms with van der Waals surface area (Å²) in [4.78, 5) is 28.1. The number of benzene rings is 1. The van der Waals surface area contributed by atoms with Crippen molar-refractivity contribution in [1.82, 2.24) is 10.2 Å². The van der Waals surface area contributed by atoms with Gasteiger partial charge in [-0.15, -0.1) is 0 Å². The Bertz CT molecular complexity index is 563. The topological polar surface area (TPSA) is 72.9 Å². The number of piperazine rings is 1. The van der Waals surface area contributed by atoms with E-state index in [9.17, 15) is 14.7 Å². The zero-order valence-corrected chi connectivity index (χ0v) is 14.7. The zero-order chi connectivity index (χ0) is 17.7. The van der Waals surface area contributed by atoms with Crippen molar-refractivity contribution in [3.8, 4) is 5.75 Å². The first-order valence-electron chi connectivity index (χ1n) is 8.43. The van der Waals surface area contributed by atoms with Crippen LogP contribution in [0.4, 0.5) is 5.69 Å². The third-order valence-electron chi connectivity index (χ3n) is 4.38. The fraction of sp³-hybridized carbons (Fsp3) is 0.556. The van der Waals surface area contributed by atoms with Crippen molar-refractivity contribution in [2.24, 2.45) is 5.92 Å². The number of rotatable bonds is 6. The Morgan fingerprint density at radius 2 is 1.71 bits per heavy atom. The summed E-state index contributed by atoms with van der Waals surface area (Å²) >= 11 is 0. The van der Waals surface area contributed by atoms with Crippen molar-refractivity contribution < 1.29 is 14.7 Å². The number of nitrogens with zero attached hydrogens (tertiary/aromatic N) is 2. The van der Waals surface area contributed by atoms with E-state index >= 15 is 0 Å². The molecular formula is C18H27N3O3. The number of aromatic hydroxyl groups is 1. The average Bonchev–Trinajstić information content (AvgIpc) is 2.53. The Morgan fingerprint density at radius 1 is 1.12 bits per heavy atom. The highest BCUT2D eigenvalue weighted by molar-refractivity contribution is 5.88. The summed E-state index contributed by atoms with van der Waals surface area (Å²) in [7, 11) is 0. The molecule has 0 aromatic heterocycles. The van der Waals surface area contributed by atoms with Gasteiger partial charge < -0.3 is 15.3 Å². The minimum Gasteiger partial charge on any atom is -0.508 e. The smallest absolute Gasteiger partial charge is 0.234 e. The number of phenols is 1. The summed E-state index contributed by atoms with van der Waals surface area (Å²) in [6, 6.07) is 6.76. The number of ketones is 1. The van der Waals surface area contributed by atoms with Crippen molar-refractivity contribution in [2.75, 3.05) is 37.6 Å². The third-order valence-corrected chi connectivity index (χ3v) is 4.38. The summed E-state index contributed by atoms with van der Waals surface area (Å²) in [6.07, 6.45) is 0. The standard InChI is InChI=1S/C18H27N3O3/c1-13(2)18(14(3)22)19-17(24)12-20-8-10-21(11-9-20)15-4-6-16(23)7-5-15/h4-7,13,18,23H,8-12H2,1-3H3,(H,19,24). The molecule has 1 aromatic carbocycles. The van der Waals surface area contributed by atoms with E-state index < -0.39 is 6.04 Å². The molecule has 132 valence electrons. The van der Waals surface area contributed by atoms with E-state index in [-0.39, 0.29) is 23.4 Å². The normalized spacial score (nSPS) is 16.9. The molecule has 0 spiro atoms. The molecular weight excluding hydrogens is 306 g/mol. The predicted octanol–water partition coefficient (Wildman–Crippen LogP) is 1.24. The van der Waals surface area contributed by atoms with Crippen LogP contribution in [0.5, 0.6) is 5.75 Å². The summed E-state index contributed by atoms with van der Waals surface area (Å²) in [5.41, 5.74) is 1.08. The number of nitrogens with one attached hydrogen (secondary N) is 1. The van der Waals surface area contributed by atoms with E-state index in [2.05, 4.69) is 15.1 Å². The van der Waals surface area contributed by atoms with E-state index in [4.69, 9.17) is 0 Å². The number of Topliss-reactive ketones (excluding diaryl/α,β-unsaturated/α-hetero) is 1. The van der Waals surface area contributed by atoms with Gasteiger partial charge in [0.1, 0.15) is 5.75 Å². The molecule has 6 heteroatoms. The van der Waals surface area contributed by atoms with E-state index in [1.54, 1.807) is 12.1 Å². The molecule has 1 amide bonds. The second-order valence-electron chi connectivity index (χ2n) is 6.68. The molecule has 1 aliphatic rings. The van der Waals surface area contributed by atoms with Crippen LogP contribution >= 0.6 is 0 Å². The van der Waals surface area contributed by atoms with Gasteiger partial charge in [0.15, 0.2) is 5.78 Å². The molecule has 1 atom stereocenters. The molecule has 2 N–H and O–H groups in total. The predicted molar refractivity (Wildman–Crippen MR) is 94.2 cm³/mol. The molecule has 1 aliphatic heterocycles. The number of amides is 1. The Kier molecular flexibility index (Phi) is 6.20. The first-order chi connectivity index (χ1) is 11.4. The SMILES string of the molecule is CC(=O)C(NC(=O)CN1CCN(c2ccc(O)cc2)CC1)C(C)C. The Morgan fingerprint density at radius 3 is 2.21 bits per heavy atom. The molecule has 1 aromatic rings. The van der Waals surface area contributed by atoms with Crippen molar-refractivity contribution in [2.45, 2.75) is 26.8 Å². The number of hydrogen-bond acceptors (Lipinski definition) is 5. The molecule has 0 saturated carbocycles. The lowest BCUT2D eigenvalue weighted by atomic mass is 10.0. The minimum atomic E-state index is -0.407. The molecule has 1 fully saturated rings. The van der Waals surface area contributed by atoms with Gasteiger partial charge in [-0.2, -0.15) is 0 Å². The number of carbonyl (C=O) groups is 2. The van der Waals surface area contributed by atoms with Crippen molar-refractivity contribution in [1.29, 1.82) is 0 Å². The Labute approximate surface area is 143 Å². The monoisotopic (exact) mass is 333 g/mol. The summed E-state index contributed by atoms with van der Waals surface area (Å²) in [5, 5.41) is 12.2. The maximum Gasteiger partial charge on any atom is 0.234 e. The lowest BCUT2D eigenvalue weighted by Crippen LogP contribution is -2.52. The lowest BCUT2D eigenvalue weighted by molar-refractivity contribution is -0.128. The van der Waals surface area contributed by atoms with Gasteiger partial charge in [0.05, 0.1) is 12.6 Å². The van der Waals surface area contributed by atoms with Gasteiger partial charge in [-0.25, -0.2) is 0 Å². The summed E-state index contributed by atoms with van der Waals surface area (Å²) in [6.45, 7) is 8.95. The van der Waals surface area contributed by atoms with Gasteiger partial charge in [0, 0.05) is 31.9 Å². The molecule has 6 nitrogen and oxygen atoms in total. The summed E-state index contributed by atoms with van der Waals surface area (Å²) < 4.78 is 0. The molecule has 0 aliphatic carbocycles. The molecule has 1 heterocycles. The van der Waals surface area contributed by atoms with Crippen LogP contribution in [0.25, 0.3) is 0 Å². The molecule has 1 saturated heterocycles. The van der Waals surface area contributed by atoms with Crippen LogP contribution in [-0.2, 0) is 9.59 Å². The first-order valence-corrected chi connectivity index (χ1v) is 8.43. The quantitative estimate of drug-likeness (QED) is 0.819. The average molecular weight is 333 g/mol. The zero-order valence-electron chi connectivity index (χ0n) is 14.7. The molecule has 1 unspecified atom stereocenters. The highest BCUT2D eigenvalue weighted by atomic mass is 16.3. The maximum atomic E-state index is 12.2. The first kappa shape index (κ1) is 18.3. The van der Waals surface area contributed by atoms with Gasteiger partial charge in [-0.3, -0.25) is 14.5 Å². The highest BCUT2D eigenvalue weighted by Crippen LogP contribution is 2.19. The van der Waals surface area contributed by atoms with Gasteiger partial charge in [-0.1, -0.05) is 13.8 Å². The number of anilines is 1. The van der Waals surface area contributed by atoms with E-state index in [1.807, 2.05) is 26.0 Å². The van der Waals surface area contributed by atoms with Gasteiger partial charge in [0.2, 0.25) is 5.91 Å². The largest absolute Gasteiger partial charge is 0.508 e. The van der Waals surface area contributed by atoms with E-state index in [1.165, 1.54) is 6.92 Å².